The van der Waals surface area contributed by atoms with Gasteiger partial charge in [0.1, 0.15) is 17.2 Å². The molecule has 4 saturated carbocycles. The lowest BCUT2D eigenvalue weighted by Crippen LogP contribution is -2.60. The minimum absolute atomic E-state index is 0.0455. The number of fused-ring (bicyclic) bond motifs is 3. The molecule has 2 heterocycles. The highest BCUT2D eigenvalue weighted by Crippen LogP contribution is 2.61. The molecule has 0 spiro atoms. The van der Waals surface area contributed by atoms with Crippen molar-refractivity contribution in [3.63, 3.8) is 0 Å². The van der Waals surface area contributed by atoms with Gasteiger partial charge in [0.25, 0.3) is 5.91 Å². The summed E-state index contributed by atoms with van der Waals surface area (Å²) >= 11 is 0. The van der Waals surface area contributed by atoms with Crippen molar-refractivity contribution in [2.24, 2.45) is 29.1 Å². The summed E-state index contributed by atoms with van der Waals surface area (Å²) in [5.74, 6) is 2.99. The van der Waals surface area contributed by atoms with Crippen LogP contribution < -0.4 is 10.1 Å². The van der Waals surface area contributed by atoms with E-state index in [1.165, 1.54) is 17.5 Å². The Morgan fingerprint density at radius 3 is 2.49 bits per heavy atom. The van der Waals surface area contributed by atoms with Gasteiger partial charge in [-0.05, 0) is 91.9 Å². The number of hydrogen-bond donors (Lipinski definition) is 1. The third-order valence-electron chi connectivity index (χ3n) is 11.3. The van der Waals surface area contributed by atoms with Crippen LogP contribution in [-0.4, -0.2) is 50.5 Å². The largest absolute Gasteiger partial charge is 0.457 e. The van der Waals surface area contributed by atoms with E-state index >= 15 is 0 Å². The molecular weight excluding hydrogens is 538 g/mol. The summed E-state index contributed by atoms with van der Waals surface area (Å²) in [6.07, 6.45) is 8.83. The Morgan fingerprint density at radius 2 is 1.70 bits per heavy atom. The number of carbonyl (C=O) groups is 2. The number of aromatic nitrogens is 3. The summed E-state index contributed by atoms with van der Waals surface area (Å²) < 4.78 is 7.54. The fourth-order valence-corrected chi connectivity index (χ4v) is 8.73. The van der Waals surface area contributed by atoms with E-state index in [0.29, 0.717) is 58.4 Å². The average molecular weight is 582 g/mol. The number of ether oxygens (including phenoxy) is 1. The number of likely N-dealkylation sites (tertiary alicyclic amines) is 1. The zero-order chi connectivity index (χ0) is 29.7. The lowest BCUT2D eigenvalue weighted by atomic mass is 9.45. The van der Waals surface area contributed by atoms with Crippen molar-refractivity contribution in [2.75, 3.05) is 6.54 Å². The molecule has 3 aromatic rings. The molecule has 226 valence electrons. The van der Waals surface area contributed by atoms with Crippen LogP contribution in [0.4, 0.5) is 4.79 Å². The van der Waals surface area contributed by atoms with Gasteiger partial charge < -0.3 is 15.0 Å². The minimum Gasteiger partial charge on any atom is -0.457 e. The first-order valence-corrected chi connectivity index (χ1v) is 16.2. The van der Waals surface area contributed by atoms with Crippen LogP contribution in [0.5, 0.6) is 11.5 Å². The van der Waals surface area contributed by atoms with Crippen LogP contribution in [0.25, 0.3) is 11.3 Å². The molecule has 8 heteroatoms. The Morgan fingerprint density at radius 1 is 0.953 bits per heavy atom. The number of rotatable bonds is 5. The Kier molecular flexibility index (Phi) is 7.26. The van der Waals surface area contributed by atoms with Crippen LogP contribution in [0.15, 0.2) is 54.6 Å². The topological polar surface area (TPSA) is 89.3 Å². The quantitative estimate of drug-likeness (QED) is 0.345. The molecule has 1 aliphatic heterocycles. The molecular formula is C35H43N5O3. The van der Waals surface area contributed by atoms with Crippen molar-refractivity contribution in [1.29, 1.82) is 0 Å². The fourth-order valence-electron chi connectivity index (χ4n) is 8.73. The summed E-state index contributed by atoms with van der Waals surface area (Å²) in [6, 6.07) is 17.1. The van der Waals surface area contributed by atoms with Gasteiger partial charge in [-0.2, -0.15) is 4.68 Å². The van der Waals surface area contributed by atoms with Gasteiger partial charge in [-0.1, -0.05) is 69.2 Å². The van der Waals surface area contributed by atoms with Gasteiger partial charge in [-0.3, -0.25) is 4.79 Å². The average Bonchev–Trinajstić information content (AvgIpc) is 3.47. The van der Waals surface area contributed by atoms with Gasteiger partial charge in [-0.25, -0.2) is 4.79 Å². The Balaban J connectivity index is 1.25. The second-order valence-electron chi connectivity index (χ2n) is 13.9. The van der Waals surface area contributed by atoms with Gasteiger partial charge in [0.15, 0.2) is 5.69 Å². The summed E-state index contributed by atoms with van der Waals surface area (Å²) in [5, 5.41) is 12.3. The third kappa shape index (κ3) is 4.92. The summed E-state index contributed by atoms with van der Waals surface area (Å²) in [4.78, 5) is 30.6. The van der Waals surface area contributed by atoms with Crippen LogP contribution >= 0.6 is 0 Å². The van der Waals surface area contributed by atoms with Crippen molar-refractivity contribution in [2.45, 2.75) is 84.2 Å². The number of carbonyl (C=O) groups excluding carboxylic acids is 2. The minimum atomic E-state index is -0.295. The number of nitrogens with one attached hydrogen (secondary N) is 1. The van der Waals surface area contributed by atoms with Crippen LogP contribution in [0.3, 0.4) is 0 Å². The van der Waals surface area contributed by atoms with Crippen molar-refractivity contribution >= 4 is 11.9 Å². The maximum Gasteiger partial charge on any atom is 0.347 e. The van der Waals surface area contributed by atoms with Crippen molar-refractivity contribution in [3.05, 3.63) is 60.3 Å². The number of amides is 2. The molecule has 4 aliphatic carbocycles. The number of nitrogens with zero attached hydrogens (tertiary/aromatic N) is 4. The molecule has 8 nitrogen and oxygen atoms in total. The normalized spacial score (nSPS) is 29.2. The van der Waals surface area contributed by atoms with Crippen molar-refractivity contribution < 1.29 is 14.3 Å². The first-order valence-electron chi connectivity index (χ1n) is 16.2. The maximum atomic E-state index is 14.3. The summed E-state index contributed by atoms with van der Waals surface area (Å²) in [5.41, 5.74) is 1.50. The van der Waals surface area contributed by atoms with E-state index in [4.69, 9.17) is 4.74 Å². The van der Waals surface area contributed by atoms with E-state index in [1.807, 2.05) is 59.5 Å². The van der Waals surface area contributed by atoms with E-state index in [2.05, 4.69) is 36.4 Å². The lowest BCUT2D eigenvalue weighted by Gasteiger charge is -2.62. The Labute approximate surface area is 254 Å². The first-order chi connectivity index (χ1) is 20.8. The fraction of sp³-hybridized carbons (Fsp3) is 0.543. The number of benzene rings is 2. The predicted molar refractivity (Wildman–Crippen MR) is 165 cm³/mol. The first kappa shape index (κ1) is 28.1. The summed E-state index contributed by atoms with van der Waals surface area (Å²) in [6.45, 7) is 7.66. The van der Waals surface area contributed by atoms with E-state index in [1.54, 1.807) is 0 Å². The molecule has 2 bridgehead atoms. The molecule has 2 amide bonds. The van der Waals surface area contributed by atoms with Crippen LogP contribution in [0.2, 0.25) is 0 Å². The molecule has 1 N–H and O–H groups in total. The SMILES string of the molecule is C[C@@H]1[C@@H](NC(=O)c2c(-c3ccccc3Oc3ccccc3)nnn2C(=O)N2CCCC3CCCCC32)C[C@H]2C[C@@H]1C2(C)C. The van der Waals surface area contributed by atoms with Gasteiger partial charge in [0.2, 0.25) is 0 Å². The number of hydrogen-bond acceptors (Lipinski definition) is 5. The number of para-hydroxylation sites is 2. The highest BCUT2D eigenvalue weighted by Gasteiger charge is 2.56. The van der Waals surface area contributed by atoms with Crippen molar-refractivity contribution in [1.82, 2.24) is 25.2 Å². The van der Waals surface area contributed by atoms with Gasteiger partial charge in [0, 0.05) is 24.2 Å². The smallest absolute Gasteiger partial charge is 0.347 e. The van der Waals surface area contributed by atoms with Crippen molar-refractivity contribution in [3.8, 4) is 22.8 Å². The molecule has 5 fully saturated rings. The second kappa shape index (κ2) is 11.1. The predicted octanol–water partition coefficient (Wildman–Crippen LogP) is 7.16. The molecule has 8 rings (SSSR count). The van der Waals surface area contributed by atoms with Crippen LogP contribution in [0, 0.1) is 29.1 Å². The second-order valence-corrected chi connectivity index (χ2v) is 13.9. The molecule has 43 heavy (non-hydrogen) atoms. The zero-order valence-electron chi connectivity index (χ0n) is 25.5. The zero-order valence-corrected chi connectivity index (χ0v) is 25.5. The van der Waals surface area contributed by atoms with Gasteiger partial charge >= 0.3 is 6.03 Å². The van der Waals surface area contributed by atoms with Gasteiger partial charge in [-0.15, -0.1) is 5.10 Å². The lowest BCUT2D eigenvalue weighted by molar-refractivity contribution is -0.113. The maximum absolute atomic E-state index is 14.3. The molecule has 1 saturated heterocycles. The molecule has 5 aliphatic rings. The van der Waals surface area contributed by atoms with E-state index < -0.39 is 0 Å². The van der Waals surface area contributed by atoms with E-state index in [0.717, 1.165) is 38.5 Å². The monoisotopic (exact) mass is 581 g/mol. The molecule has 2 unspecified atom stereocenters. The standard InChI is InChI=1S/C35H43N5O3/c1-22-27-20-24(35(27,2)3)21-28(22)36-33(41)32-31(26-16-8-10-18-30(26)43-25-14-5-4-6-15-25)37-38-40(32)34(42)39-19-11-13-23-12-7-9-17-29(23)39/h4-6,8,10,14-16,18,22-24,27-29H,7,9,11-13,17,19-21H2,1-3H3,(H,36,41)/t22-,23?,24+,27-,28-,29?/m0/s1. The molecule has 6 atom stereocenters. The Bertz CT molecular complexity index is 1500. The van der Waals surface area contributed by atoms with E-state index in [9.17, 15) is 9.59 Å². The molecule has 0 radical (unpaired) electrons. The van der Waals surface area contributed by atoms with Crippen LogP contribution in [0.1, 0.15) is 82.6 Å². The molecule has 1 aromatic heterocycles. The highest BCUT2D eigenvalue weighted by molar-refractivity contribution is 6.02. The highest BCUT2D eigenvalue weighted by atomic mass is 16.5. The van der Waals surface area contributed by atoms with Crippen LogP contribution in [-0.2, 0) is 0 Å². The molecule has 2 aromatic carbocycles. The van der Waals surface area contributed by atoms with Gasteiger partial charge in [0.05, 0.1) is 0 Å². The third-order valence-corrected chi connectivity index (χ3v) is 11.3. The number of piperidine rings is 1. The Hall–Kier alpha value is -3.68. The van der Waals surface area contributed by atoms with E-state index in [-0.39, 0.29) is 29.7 Å². The summed E-state index contributed by atoms with van der Waals surface area (Å²) in [7, 11) is 0.